The molecule has 0 aromatic carbocycles. The van der Waals surface area contributed by atoms with Crippen molar-refractivity contribution < 1.29 is 10.0 Å². The summed E-state index contributed by atoms with van der Waals surface area (Å²) in [5, 5.41) is 8.87. The second kappa shape index (κ2) is 7.28. The van der Waals surface area contributed by atoms with Crippen LogP contribution >= 0.6 is 0 Å². The van der Waals surface area contributed by atoms with Gasteiger partial charge >= 0.3 is 0 Å². The molecule has 1 aromatic heterocycles. The second-order valence-corrected chi connectivity index (χ2v) is 8.76. The monoisotopic (exact) mass is 357 g/mol. The van der Waals surface area contributed by atoms with E-state index in [1.807, 2.05) is 6.07 Å². The Morgan fingerprint density at radius 3 is 2.73 bits per heavy atom. The molecule has 5 heteroatoms. The van der Waals surface area contributed by atoms with Crippen LogP contribution in [0.2, 0.25) is 0 Å². The highest BCUT2D eigenvalue weighted by Gasteiger charge is 2.40. The van der Waals surface area contributed by atoms with Crippen LogP contribution < -0.4 is 5.48 Å². The Bertz CT molecular complexity index is 661. The number of rotatable bonds is 4. The minimum atomic E-state index is -0.484. The summed E-state index contributed by atoms with van der Waals surface area (Å²) in [5.74, 6) is 0.330. The highest BCUT2D eigenvalue weighted by molar-refractivity contribution is 5.93. The molecule has 1 amide bonds. The number of carbonyl (C=O) groups excluding carboxylic acids is 1. The zero-order chi connectivity index (χ0) is 18.1. The lowest BCUT2D eigenvalue weighted by molar-refractivity contribution is 0.0361. The minimum absolute atomic E-state index is 0.436. The van der Waals surface area contributed by atoms with Gasteiger partial charge in [0, 0.05) is 37.4 Å². The first kappa shape index (κ1) is 17.9. The fourth-order valence-electron chi connectivity index (χ4n) is 5.35. The molecule has 142 valence electrons. The van der Waals surface area contributed by atoms with Crippen LogP contribution in [0.25, 0.3) is 0 Å². The first-order chi connectivity index (χ1) is 12.6. The molecule has 2 saturated carbocycles. The maximum absolute atomic E-state index is 11.7. The maximum Gasteiger partial charge on any atom is 0.276 e. The number of hydrogen-bond donors (Lipinski definition) is 2. The molecule has 0 unspecified atom stereocenters. The molecule has 2 N–H and O–H groups in total. The zero-order valence-electron chi connectivity index (χ0n) is 15.8. The summed E-state index contributed by atoms with van der Waals surface area (Å²) in [5.41, 5.74) is 5.13. The molecule has 26 heavy (non-hydrogen) atoms. The molecule has 0 radical (unpaired) electrons. The molecule has 1 aromatic rings. The Morgan fingerprint density at radius 2 is 2.12 bits per heavy atom. The Hall–Kier alpha value is -1.46. The van der Waals surface area contributed by atoms with E-state index < -0.39 is 5.91 Å². The number of hydroxylamine groups is 1. The first-order valence-electron chi connectivity index (χ1n) is 10.3. The Balaban J connectivity index is 1.44. The number of fused-ring (bicyclic) bond motifs is 1. The third-order valence-electron chi connectivity index (χ3n) is 7.29. The van der Waals surface area contributed by atoms with Crippen molar-refractivity contribution >= 4 is 5.91 Å². The van der Waals surface area contributed by atoms with Crippen molar-refractivity contribution in [1.29, 1.82) is 0 Å². The molecule has 0 saturated heterocycles. The first-order valence-corrected chi connectivity index (χ1v) is 10.3. The van der Waals surface area contributed by atoms with E-state index in [-0.39, 0.29) is 0 Å². The Kier molecular flexibility index (Phi) is 5.02. The molecular weight excluding hydrogens is 326 g/mol. The van der Waals surface area contributed by atoms with E-state index in [9.17, 15) is 4.79 Å². The van der Waals surface area contributed by atoms with Crippen LogP contribution in [0.3, 0.4) is 0 Å². The summed E-state index contributed by atoms with van der Waals surface area (Å²) in [6.45, 7) is 4.31. The SMILES string of the molecule is CC[C@@H]1Cc2ncc(C(=O)NO)cc2CN1CC1CCC2(CCC2)CC1. The van der Waals surface area contributed by atoms with E-state index in [4.69, 9.17) is 5.21 Å². The fourth-order valence-corrected chi connectivity index (χ4v) is 5.35. The highest BCUT2D eigenvalue weighted by atomic mass is 16.5. The number of hydrogen-bond acceptors (Lipinski definition) is 4. The Labute approximate surface area is 156 Å². The van der Waals surface area contributed by atoms with Gasteiger partial charge in [0.15, 0.2) is 0 Å². The highest BCUT2D eigenvalue weighted by Crippen LogP contribution is 2.52. The van der Waals surface area contributed by atoms with Crippen molar-refractivity contribution in [3.63, 3.8) is 0 Å². The van der Waals surface area contributed by atoms with Gasteiger partial charge in [-0.15, -0.1) is 0 Å². The zero-order valence-corrected chi connectivity index (χ0v) is 15.8. The second-order valence-electron chi connectivity index (χ2n) is 8.76. The number of nitrogens with one attached hydrogen (secondary N) is 1. The molecule has 3 aliphatic rings. The van der Waals surface area contributed by atoms with Gasteiger partial charge in [0.1, 0.15) is 0 Å². The standard InChI is InChI=1S/C21H31N3O2/c1-2-18-11-19-17(10-16(12-22-19)20(25)23-26)14-24(18)13-15-4-8-21(9-5-15)6-3-7-21/h10,12,15,18,26H,2-9,11,13-14H2,1H3,(H,23,25)/t18-/m1/s1. The number of carbonyl (C=O) groups is 1. The van der Waals surface area contributed by atoms with Crippen molar-refractivity contribution in [2.75, 3.05) is 6.54 Å². The molecular formula is C21H31N3O2. The quantitative estimate of drug-likeness (QED) is 0.637. The van der Waals surface area contributed by atoms with Crippen molar-refractivity contribution in [3.8, 4) is 0 Å². The van der Waals surface area contributed by atoms with E-state index in [1.54, 1.807) is 11.7 Å². The maximum atomic E-state index is 11.7. The molecule has 1 spiro atoms. The van der Waals surface area contributed by atoms with E-state index in [0.29, 0.717) is 11.6 Å². The smallest absolute Gasteiger partial charge is 0.276 e. The summed E-state index contributed by atoms with van der Waals surface area (Å²) in [4.78, 5) is 18.8. The predicted molar refractivity (Wildman–Crippen MR) is 99.9 cm³/mol. The molecule has 2 fully saturated rings. The Morgan fingerprint density at radius 1 is 1.35 bits per heavy atom. The van der Waals surface area contributed by atoms with Crippen molar-refractivity contribution in [2.45, 2.75) is 77.3 Å². The van der Waals surface area contributed by atoms with Gasteiger partial charge in [0.05, 0.1) is 5.56 Å². The fraction of sp³-hybridized carbons (Fsp3) is 0.714. The van der Waals surface area contributed by atoms with E-state index in [2.05, 4.69) is 16.8 Å². The summed E-state index contributed by atoms with van der Waals surface area (Å²) in [6, 6.07) is 2.45. The van der Waals surface area contributed by atoms with Crippen LogP contribution in [0, 0.1) is 11.3 Å². The summed E-state index contributed by atoms with van der Waals surface area (Å²) in [7, 11) is 0. The van der Waals surface area contributed by atoms with Gasteiger partial charge in [-0.3, -0.25) is 19.9 Å². The van der Waals surface area contributed by atoms with Gasteiger partial charge in [-0.05, 0) is 67.9 Å². The average Bonchev–Trinajstić information content (AvgIpc) is 2.65. The van der Waals surface area contributed by atoms with Gasteiger partial charge in [0.2, 0.25) is 0 Å². The summed E-state index contributed by atoms with van der Waals surface area (Å²) in [6.07, 6.45) is 13.7. The lowest BCUT2D eigenvalue weighted by Crippen LogP contribution is -2.44. The third-order valence-corrected chi connectivity index (χ3v) is 7.29. The largest absolute Gasteiger partial charge is 0.295 e. The van der Waals surface area contributed by atoms with Crippen molar-refractivity contribution in [1.82, 2.24) is 15.4 Å². The van der Waals surface area contributed by atoms with Gasteiger partial charge in [-0.25, -0.2) is 5.48 Å². The lowest BCUT2D eigenvalue weighted by atomic mass is 9.59. The van der Waals surface area contributed by atoms with Gasteiger partial charge in [0.25, 0.3) is 5.91 Å². The van der Waals surface area contributed by atoms with Crippen LogP contribution in [0.1, 0.15) is 79.9 Å². The number of nitrogens with zero attached hydrogens (tertiary/aromatic N) is 2. The van der Waals surface area contributed by atoms with E-state index in [0.717, 1.165) is 42.0 Å². The molecule has 2 heterocycles. The molecule has 2 aliphatic carbocycles. The number of aromatic nitrogens is 1. The molecule has 0 bridgehead atoms. The van der Waals surface area contributed by atoms with Gasteiger partial charge in [-0.1, -0.05) is 13.3 Å². The van der Waals surface area contributed by atoms with Crippen LogP contribution in [-0.2, 0) is 13.0 Å². The van der Waals surface area contributed by atoms with Crippen LogP contribution in [0.15, 0.2) is 12.3 Å². The van der Waals surface area contributed by atoms with E-state index in [1.165, 1.54) is 51.5 Å². The number of pyridine rings is 1. The predicted octanol–water partition coefficient (Wildman–Crippen LogP) is 3.70. The van der Waals surface area contributed by atoms with E-state index >= 15 is 0 Å². The molecule has 1 aliphatic heterocycles. The van der Waals surface area contributed by atoms with Gasteiger partial charge < -0.3 is 0 Å². The van der Waals surface area contributed by atoms with Crippen LogP contribution in [-0.4, -0.2) is 33.6 Å². The van der Waals surface area contributed by atoms with Crippen molar-refractivity contribution in [3.05, 3.63) is 29.1 Å². The van der Waals surface area contributed by atoms with Crippen LogP contribution in [0.4, 0.5) is 0 Å². The topological polar surface area (TPSA) is 65.5 Å². The molecule has 5 nitrogen and oxygen atoms in total. The minimum Gasteiger partial charge on any atom is -0.295 e. The average molecular weight is 357 g/mol. The normalized spacial score (nSPS) is 25.5. The molecule has 4 rings (SSSR count). The summed E-state index contributed by atoms with van der Waals surface area (Å²) >= 11 is 0. The van der Waals surface area contributed by atoms with Crippen molar-refractivity contribution in [2.24, 2.45) is 11.3 Å². The molecule has 1 atom stereocenters. The van der Waals surface area contributed by atoms with Crippen LogP contribution in [0.5, 0.6) is 0 Å². The lowest BCUT2D eigenvalue weighted by Gasteiger charge is -2.48. The number of amides is 1. The van der Waals surface area contributed by atoms with Gasteiger partial charge in [-0.2, -0.15) is 0 Å². The third kappa shape index (κ3) is 3.39. The summed E-state index contributed by atoms with van der Waals surface area (Å²) < 4.78 is 0.